The zero-order valence-electron chi connectivity index (χ0n) is 8.92. The van der Waals surface area contributed by atoms with Gasteiger partial charge in [0.2, 0.25) is 5.95 Å². The molecule has 0 radical (unpaired) electrons. The van der Waals surface area contributed by atoms with E-state index in [1.807, 2.05) is 0 Å². The van der Waals surface area contributed by atoms with Crippen LogP contribution in [-0.2, 0) is 6.61 Å². The third-order valence-electron chi connectivity index (χ3n) is 2.36. The Labute approximate surface area is 118 Å². The van der Waals surface area contributed by atoms with E-state index in [2.05, 4.69) is 4.98 Å². The monoisotopic (exact) mass is 305 g/mol. The Balaban J connectivity index is 2.55. The number of nitrogens with zero attached hydrogens (tertiary/aromatic N) is 1. The summed E-state index contributed by atoms with van der Waals surface area (Å²) >= 11 is 17.6. The molecule has 2 aromatic rings. The summed E-state index contributed by atoms with van der Waals surface area (Å²) in [5.74, 6) is -0.698. The predicted octanol–water partition coefficient (Wildman–Crippen LogP) is 4.34. The summed E-state index contributed by atoms with van der Waals surface area (Å²) < 4.78 is 13.7. The molecule has 6 heteroatoms. The molecule has 0 fully saturated rings. The quantitative estimate of drug-likeness (QED) is 0.661. The minimum atomic E-state index is -0.698. The molecule has 1 aromatic heterocycles. The van der Waals surface area contributed by atoms with Crippen molar-refractivity contribution in [1.82, 2.24) is 4.98 Å². The van der Waals surface area contributed by atoms with Crippen LogP contribution in [0.15, 0.2) is 24.3 Å². The smallest absolute Gasteiger partial charge is 0.221 e. The van der Waals surface area contributed by atoms with Gasteiger partial charge in [-0.25, -0.2) is 4.98 Å². The Morgan fingerprint density at radius 2 is 1.72 bits per heavy atom. The Kier molecular flexibility index (Phi) is 4.07. The van der Waals surface area contributed by atoms with Gasteiger partial charge in [0, 0.05) is 5.56 Å². The van der Waals surface area contributed by atoms with Crippen LogP contribution >= 0.6 is 34.8 Å². The fourth-order valence-electron chi connectivity index (χ4n) is 1.49. The van der Waals surface area contributed by atoms with Crippen molar-refractivity contribution in [2.24, 2.45) is 0 Å². The number of hydrogen-bond acceptors (Lipinski definition) is 2. The van der Waals surface area contributed by atoms with Gasteiger partial charge in [0.15, 0.2) is 0 Å². The highest BCUT2D eigenvalue weighted by Gasteiger charge is 2.12. The zero-order valence-corrected chi connectivity index (χ0v) is 11.2. The number of benzene rings is 1. The molecule has 0 spiro atoms. The molecule has 1 aromatic carbocycles. The molecule has 1 N–H and O–H groups in total. The molecule has 0 saturated heterocycles. The number of hydrogen-bond donors (Lipinski definition) is 1. The van der Waals surface area contributed by atoms with Crippen molar-refractivity contribution in [2.75, 3.05) is 0 Å². The molecular weight excluding hydrogens is 299 g/mol. The average Bonchev–Trinajstić information content (AvgIpc) is 2.35. The van der Waals surface area contributed by atoms with Crippen molar-refractivity contribution in [1.29, 1.82) is 0 Å². The average molecular weight is 307 g/mol. The van der Waals surface area contributed by atoms with Gasteiger partial charge in [0.1, 0.15) is 0 Å². The van der Waals surface area contributed by atoms with E-state index in [1.54, 1.807) is 0 Å². The van der Waals surface area contributed by atoms with E-state index >= 15 is 0 Å². The summed E-state index contributed by atoms with van der Waals surface area (Å²) in [5, 5.41) is 9.56. The van der Waals surface area contributed by atoms with Crippen molar-refractivity contribution in [3.8, 4) is 11.1 Å². The molecule has 0 aliphatic heterocycles. The van der Waals surface area contributed by atoms with Gasteiger partial charge >= 0.3 is 0 Å². The summed E-state index contributed by atoms with van der Waals surface area (Å²) in [5.41, 5.74) is 0.971. The highest BCUT2D eigenvalue weighted by Crippen LogP contribution is 2.35. The van der Waals surface area contributed by atoms with Gasteiger partial charge in [-0.15, -0.1) is 0 Å². The van der Waals surface area contributed by atoms with Crippen LogP contribution in [0.5, 0.6) is 0 Å². The fraction of sp³-hybridized carbons (Fsp3) is 0.0833. The Morgan fingerprint density at radius 1 is 1.11 bits per heavy atom. The molecule has 0 bridgehead atoms. The summed E-state index contributed by atoms with van der Waals surface area (Å²) in [4.78, 5) is 3.61. The van der Waals surface area contributed by atoms with Gasteiger partial charge in [-0.05, 0) is 29.8 Å². The van der Waals surface area contributed by atoms with Crippen LogP contribution in [0.4, 0.5) is 4.39 Å². The maximum absolute atomic E-state index is 13.7. The molecule has 0 saturated carbocycles. The molecule has 0 amide bonds. The van der Waals surface area contributed by atoms with Crippen molar-refractivity contribution in [2.45, 2.75) is 6.61 Å². The largest absolute Gasteiger partial charge is 0.390 e. The molecule has 94 valence electrons. The third kappa shape index (κ3) is 2.59. The van der Waals surface area contributed by atoms with Crippen LogP contribution in [0.3, 0.4) is 0 Å². The van der Waals surface area contributed by atoms with Crippen molar-refractivity contribution in [3.63, 3.8) is 0 Å². The van der Waals surface area contributed by atoms with Crippen molar-refractivity contribution >= 4 is 34.8 Å². The van der Waals surface area contributed by atoms with E-state index in [1.165, 1.54) is 24.3 Å². The first-order valence-electron chi connectivity index (χ1n) is 4.94. The van der Waals surface area contributed by atoms with Gasteiger partial charge in [-0.2, -0.15) is 4.39 Å². The molecule has 0 aliphatic carbocycles. The summed E-state index contributed by atoms with van der Waals surface area (Å²) in [6, 6.07) is 6.04. The van der Waals surface area contributed by atoms with Crippen LogP contribution in [0, 0.1) is 5.95 Å². The normalized spacial score (nSPS) is 10.7. The van der Waals surface area contributed by atoms with Crippen LogP contribution in [0.2, 0.25) is 15.1 Å². The second-order valence-corrected chi connectivity index (χ2v) is 4.75. The Morgan fingerprint density at radius 3 is 2.22 bits per heavy atom. The maximum atomic E-state index is 13.7. The number of aliphatic hydroxyl groups excluding tert-OH is 1. The summed E-state index contributed by atoms with van der Waals surface area (Å²) in [6.45, 7) is -0.320. The molecule has 18 heavy (non-hydrogen) atoms. The highest BCUT2D eigenvalue weighted by molar-refractivity contribution is 6.48. The van der Waals surface area contributed by atoms with Gasteiger partial charge in [-0.3, -0.25) is 0 Å². The summed E-state index contributed by atoms with van der Waals surface area (Å²) in [6.07, 6.45) is 0. The van der Waals surface area contributed by atoms with Crippen LogP contribution in [0.25, 0.3) is 11.1 Å². The van der Waals surface area contributed by atoms with Gasteiger partial charge in [0.25, 0.3) is 0 Å². The zero-order chi connectivity index (χ0) is 13.3. The highest BCUT2D eigenvalue weighted by atomic mass is 35.5. The lowest BCUT2D eigenvalue weighted by molar-refractivity contribution is 0.275. The number of aliphatic hydroxyl groups is 1. The molecule has 2 rings (SSSR count). The minimum absolute atomic E-state index is 0.224. The fourth-order valence-corrected chi connectivity index (χ4v) is 2.08. The van der Waals surface area contributed by atoms with E-state index in [-0.39, 0.29) is 32.9 Å². The molecule has 1 heterocycles. The van der Waals surface area contributed by atoms with Crippen LogP contribution in [0.1, 0.15) is 5.69 Å². The van der Waals surface area contributed by atoms with Crippen LogP contribution < -0.4 is 0 Å². The standard InChI is InChI=1S/C12H7Cl3FNO/c13-9-3-6(4-10(14)11(9)15)8-2-1-7(5-18)17-12(8)16/h1-4,18H,5H2. The minimum Gasteiger partial charge on any atom is -0.390 e. The Bertz CT molecular complexity index is 581. The number of aromatic nitrogens is 1. The second kappa shape index (κ2) is 5.41. The lowest BCUT2D eigenvalue weighted by Gasteiger charge is -2.07. The number of rotatable bonds is 2. The Hall–Kier alpha value is -0.870. The lowest BCUT2D eigenvalue weighted by Crippen LogP contribution is -1.95. The first-order chi connectivity index (χ1) is 8.52. The van der Waals surface area contributed by atoms with Crippen molar-refractivity contribution < 1.29 is 9.50 Å². The van der Waals surface area contributed by atoms with Gasteiger partial charge in [-0.1, -0.05) is 34.8 Å². The first-order valence-corrected chi connectivity index (χ1v) is 6.07. The molecule has 0 aliphatic rings. The summed E-state index contributed by atoms with van der Waals surface area (Å²) in [7, 11) is 0. The van der Waals surface area contributed by atoms with Gasteiger partial charge in [0.05, 0.1) is 27.4 Å². The molecule has 0 unspecified atom stereocenters. The first kappa shape index (κ1) is 13.6. The SMILES string of the molecule is OCc1ccc(-c2cc(Cl)c(Cl)c(Cl)c2)c(F)n1. The van der Waals surface area contributed by atoms with E-state index in [9.17, 15) is 4.39 Å². The van der Waals surface area contributed by atoms with Crippen LogP contribution in [-0.4, -0.2) is 10.1 Å². The second-order valence-electron chi connectivity index (χ2n) is 3.55. The lowest BCUT2D eigenvalue weighted by atomic mass is 10.1. The van der Waals surface area contributed by atoms with E-state index in [0.717, 1.165) is 0 Å². The number of pyridine rings is 1. The topological polar surface area (TPSA) is 33.1 Å². The predicted molar refractivity (Wildman–Crippen MR) is 70.6 cm³/mol. The third-order valence-corrected chi connectivity index (χ3v) is 3.56. The van der Waals surface area contributed by atoms with E-state index < -0.39 is 5.95 Å². The molecule has 0 atom stereocenters. The molecular formula is C12H7Cl3FNO. The maximum Gasteiger partial charge on any atom is 0.221 e. The van der Waals surface area contributed by atoms with Crippen molar-refractivity contribution in [3.05, 3.63) is 51.0 Å². The van der Waals surface area contributed by atoms with E-state index in [4.69, 9.17) is 39.9 Å². The van der Waals surface area contributed by atoms with E-state index in [0.29, 0.717) is 5.56 Å². The molecule has 2 nitrogen and oxygen atoms in total. The van der Waals surface area contributed by atoms with Gasteiger partial charge < -0.3 is 5.11 Å². The number of halogens is 4.